The molecular formula is C63H129N19O. The van der Waals surface area contributed by atoms with Crippen molar-refractivity contribution in [3.63, 3.8) is 0 Å². The number of imidazole rings is 4. The molecule has 0 spiro atoms. The second kappa shape index (κ2) is 70.9. The molecule has 0 saturated carbocycles. The van der Waals surface area contributed by atoms with Crippen LogP contribution in [0.25, 0.3) is 0 Å². The van der Waals surface area contributed by atoms with Crippen LogP contribution in [0.3, 0.4) is 0 Å². The van der Waals surface area contributed by atoms with Crippen LogP contribution in [0, 0.1) is 96.9 Å². The molecule has 0 aliphatic rings. The molecule has 482 valence electrons. The lowest BCUT2D eigenvalue weighted by Gasteiger charge is -1.90. The normalized spacial score (nSPS) is 7.96. The van der Waals surface area contributed by atoms with Crippen molar-refractivity contribution in [2.24, 2.45) is 35.2 Å². The SMILES string of the molecule is C.CC.CC.CC.CC.CC.CC.CC.CC.CC.Cc1cc(C)on1.Cc1ccn(C)n1.Cc1cn(C)cn1.Cc1cn(C)nn1.Cc1cnc(C)[nH]1.Cc1cnc(C)[nH]1.Cc1cnn(C)c1.Cc1n[nH]c(C)n1.Cc1ncn(C)c1C. The molecule has 0 amide bonds. The Labute approximate surface area is 509 Å². The van der Waals surface area contributed by atoms with Gasteiger partial charge < -0.3 is 23.6 Å². The Morgan fingerprint density at radius 3 is 1.05 bits per heavy atom. The van der Waals surface area contributed by atoms with Crippen molar-refractivity contribution in [3.8, 4) is 0 Å². The summed E-state index contributed by atoms with van der Waals surface area (Å²) in [5, 5.41) is 25.5. The first-order valence-electron chi connectivity index (χ1n) is 29.4. The van der Waals surface area contributed by atoms with Gasteiger partial charge in [-0.15, -0.1) is 5.10 Å². The van der Waals surface area contributed by atoms with E-state index in [1.165, 1.54) is 11.3 Å². The van der Waals surface area contributed by atoms with Crippen LogP contribution in [0.15, 0.2) is 72.7 Å². The minimum Gasteiger partial charge on any atom is -0.361 e. The summed E-state index contributed by atoms with van der Waals surface area (Å²) in [5.41, 5.74) is 9.86. The second-order valence-corrected chi connectivity index (χ2v) is 14.9. The standard InChI is InChI=1S/C6H10N2.5C5H8N2.C5H7NO.2C4H7N3.9C2H6.CH4/c1-5-6(2)8(3)4-7-5;1-5-3-7(2)4-6-5;1-5-3-6-7(2)4-5;1-5-3-4-7(2)6-5;2*1-4-3-6-5(2)7-4;1-4-3-5(2)7-6-4;1-4-3-7(2)6-5-4;1-3-5-4(2)7-6-3;9*1-2;/h4H,1-3H3;3*3-4H,1-2H3;2*3H,1-2H3,(H,6,7);2*3H,1-2H3;1-2H3,(H,5,6,7);9*1-2H3;1H4. The first-order valence-corrected chi connectivity index (χ1v) is 29.4. The molecule has 9 rings (SSSR count). The molecule has 0 unspecified atom stereocenters. The predicted molar refractivity (Wildman–Crippen MR) is 359 cm³/mol. The van der Waals surface area contributed by atoms with Gasteiger partial charge in [-0.1, -0.05) is 142 Å². The number of aromatic nitrogens is 19. The van der Waals surface area contributed by atoms with Gasteiger partial charge in [0.25, 0.3) is 0 Å². The summed E-state index contributed by atoms with van der Waals surface area (Å²) in [6, 6.07) is 3.86. The molecule has 0 aliphatic heterocycles. The summed E-state index contributed by atoms with van der Waals surface area (Å²) in [7, 11) is 9.62. The molecule has 20 heteroatoms. The summed E-state index contributed by atoms with van der Waals surface area (Å²) in [6.07, 6.45) is 16.8. The van der Waals surface area contributed by atoms with Crippen LogP contribution in [0.2, 0.25) is 0 Å². The smallest absolute Gasteiger partial charge is 0.147 e. The first-order chi connectivity index (χ1) is 39.0. The van der Waals surface area contributed by atoms with Crippen LogP contribution in [-0.2, 0) is 35.2 Å². The number of aromatic amines is 3. The Hall–Kier alpha value is -7.25. The van der Waals surface area contributed by atoms with Gasteiger partial charge in [-0.25, -0.2) is 24.9 Å². The fourth-order valence-electron chi connectivity index (χ4n) is 4.72. The van der Waals surface area contributed by atoms with Crippen molar-refractivity contribution in [3.05, 3.63) is 148 Å². The summed E-state index contributed by atoms with van der Waals surface area (Å²) in [5.74, 6) is 4.52. The van der Waals surface area contributed by atoms with Crippen LogP contribution in [-0.4, -0.2) is 93.9 Å². The number of rotatable bonds is 0. The van der Waals surface area contributed by atoms with Crippen molar-refractivity contribution in [2.75, 3.05) is 0 Å². The van der Waals surface area contributed by atoms with E-state index in [1.807, 2.05) is 321 Å². The largest absolute Gasteiger partial charge is 0.361 e. The minimum atomic E-state index is 0. The monoisotopic (exact) mass is 1170 g/mol. The van der Waals surface area contributed by atoms with Crippen LogP contribution < -0.4 is 0 Å². The molecule has 9 aromatic rings. The van der Waals surface area contributed by atoms with Gasteiger partial charge in [-0.3, -0.25) is 19.1 Å². The maximum absolute atomic E-state index is 4.71. The highest BCUT2D eigenvalue weighted by Gasteiger charge is 1.94. The number of H-pyrrole nitrogens is 3. The van der Waals surface area contributed by atoms with E-state index in [2.05, 4.69) is 77.7 Å². The van der Waals surface area contributed by atoms with Gasteiger partial charge in [0.15, 0.2) is 0 Å². The molecule has 0 saturated heterocycles. The van der Waals surface area contributed by atoms with Gasteiger partial charge in [0.1, 0.15) is 29.1 Å². The van der Waals surface area contributed by atoms with E-state index < -0.39 is 0 Å². The van der Waals surface area contributed by atoms with E-state index in [1.54, 1.807) is 20.4 Å². The molecule has 0 bridgehead atoms. The topological polar surface area (TPSA) is 227 Å². The van der Waals surface area contributed by atoms with E-state index in [9.17, 15) is 0 Å². The van der Waals surface area contributed by atoms with Gasteiger partial charge in [0.05, 0.1) is 47.3 Å². The maximum atomic E-state index is 4.71. The molecule has 9 aromatic heterocycles. The third-order valence-electron chi connectivity index (χ3n) is 7.82. The van der Waals surface area contributed by atoms with E-state index >= 15 is 0 Å². The Balaban J connectivity index is -0.0000000871. The summed E-state index contributed by atoms with van der Waals surface area (Å²) in [6.45, 7) is 63.3. The molecule has 0 radical (unpaired) electrons. The predicted octanol–water partition coefficient (Wildman–Crippen LogP) is 17.0. The van der Waals surface area contributed by atoms with Crippen molar-refractivity contribution in [1.82, 2.24) is 93.9 Å². The first kappa shape index (κ1) is 97.9. The van der Waals surface area contributed by atoms with Gasteiger partial charge in [0, 0.05) is 95.6 Å². The second-order valence-electron chi connectivity index (χ2n) is 14.9. The van der Waals surface area contributed by atoms with E-state index in [0.717, 1.165) is 68.9 Å². The van der Waals surface area contributed by atoms with Crippen molar-refractivity contribution >= 4 is 0 Å². The highest BCUT2D eigenvalue weighted by atomic mass is 16.5. The maximum Gasteiger partial charge on any atom is 0.147 e. The Kier molecular flexibility index (Phi) is 83.6. The highest BCUT2D eigenvalue weighted by molar-refractivity contribution is 5.07. The lowest BCUT2D eigenvalue weighted by Crippen LogP contribution is -1.87. The van der Waals surface area contributed by atoms with Gasteiger partial charge in [0.2, 0.25) is 0 Å². The third kappa shape index (κ3) is 65.4. The van der Waals surface area contributed by atoms with Gasteiger partial charge >= 0.3 is 0 Å². The molecule has 20 nitrogen and oxygen atoms in total. The number of nitrogens with zero attached hydrogens (tertiary/aromatic N) is 16. The van der Waals surface area contributed by atoms with Crippen LogP contribution in [0.5, 0.6) is 0 Å². The van der Waals surface area contributed by atoms with Gasteiger partial charge in [-0.05, 0) is 109 Å². The Morgan fingerprint density at radius 1 is 0.470 bits per heavy atom. The quantitative estimate of drug-likeness (QED) is 0.129. The van der Waals surface area contributed by atoms with E-state index in [0.29, 0.717) is 0 Å². The highest BCUT2D eigenvalue weighted by Crippen LogP contribution is 2.00. The third-order valence-corrected chi connectivity index (χ3v) is 7.82. The Bertz CT molecular complexity index is 1940. The number of nitrogens with one attached hydrogen (secondary N) is 3. The zero-order valence-electron chi connectivity index (χ0n) is 59.4. The molecule has 83 heavy (non-hydrogen) atoms. The molecular weight excluding hydrogens is 1040 g/mol. The fourth-order valence-corrected chi connectivity index (χ4v) is 4.72. The van der Waals surface area contributed by atoms with Crippen molar-refractivity contribution in [2.45, 2.75) is 229 Å². The molecule has 0 atom stereocenters. The number of hydrogen-bond acceptors (Lipinski definition) is 12. The average Bonchev–Trinajstić information content (AvgIpc) is 4.42. The number of hydrogen-bond donors (Lipinski definition) is 3. The molecule has 0 aliphatic carbocycles. The van der Waals surface area contributed by atoms with Crippen LogP contribution in [0.4, 0.5) is 0 Å². The molecule has 3 N–H and O–H groups in total. The number of aryl methyl sites for hydroxylation is 18. The summed E-state index contributed by atoms with van der Waals surface area (Å²) < 4.78 is 13.9. The lowest BCUT2D eigenvalue weighted by molar-refractivity contribution is 0.393. The zero-order chi connectivity index (χ0) is 66.4. The van der Waals surface area contributed by atoms with E-state index in [-0.39, 0.29) is 7.43 Å². The van der Waals surface area contributed by atoms with Crippen molar-refractivity contribution in [1.29, 1.82) is 0 Å². The van der Waals surface area contributed by atoms with Crippen molar-refractivity contribution < 1.29 is 4.52 Å². The van der Waals surface area contributed by atoms with Crippen LogP contribution >= 0.6 is 0 Å². The minimum absolute atomic E-state index is 0. The van der Waals surface area contributed by atoms with Gasteiger partial charge in [-0.2, -0.15) is 15.3 Å². The Morgan fingerprint density at radius 2 is 0.952 bits per heavy atom. The zero-order valence-corrected chi connectivity index (χ0v) is 59.4. The molecule has 0 aromatic carbocycles. The van der Waals surface area contributed by atoms with Crippen LogP contribution in [0.1, 0.15) is 212 Å². The summed E-state index contributed by atoms with van der Waals surface area (Å²) in [4.78, 5) is 26.0. The van der Waals surface area contributed by atoms with E-state index in [4.69, 9.17) is 4.52 Å². The average molecular weight is 1170 g/mol. The fraction of sp³-hybridized carbons (Fsp3) is 0.603. The lowest BCUT2D eigenvalue weighted by atomic mass is 10.4. The molecule has 9 heterocycles. The summed E-state index contributed by atoms with van der Waals surface area (Å²) >= 11 is 0. The molecule has 0 fully saturated rings.